The van der Waals surface area contributed by atoms with E-state index in [4.69, 9.17) is 4.42 Å². The van der Waals surface area contributed by atoms with Crippen LogP contribution in [0.3, 0.4) is 0 Å². The van der Waals surface area contributed by atoms with Gasteiger partial charge in [-0.2, -0.15) is 0 Å². The average molecular weight is 208 g/mol. The van der Waals surface area contributed by atoms with Crippen molar-refractivity contribution < 1.29 is 9.21 Å². The maximum absolute atomic E-state index is 11.6. The summed E-state index contributed by atoms with van der Waals surface area (Å²) in [5.74, 6) is 0.465. The van der Waals surface area contributed by atoms with Gasteiger partial charge in [-0.1, -0.05) is 24.8 Å². The van der Waals surface area contributed by atoms with Gasteiger partial charge in [-0.25, -0.2) is 0 Å². The second kappa shape index (κ2) is 3.96. The molecule has 0 aromatic carbocycles. The fourth-order valence-electron chi connectivity index (χ4n) is 0.983. The largest absolute Gasteiger partial charge is 0.461 e. The molecule has 14 heavy (non-hydrogen) atoms. The third-order valence-electron chi connectivity index (χ3n) is 2.23. The van der Waals surface area contributed by atoms with Gasteiger partial charge in [0.1, 0.15) is 0 Å². The lowest BCUT2D eigenvalue weighted by Crippen LogP contribution is -2.24. The maximum Gasteiger partial charge on any atom is 0.201 e. The van der Waals surface area contributed by atoms with Crippen LogP contribution in [0.1, 0.15) is 17.0 Å². The van der Waals surface area contributed by atoms with E-state index < -0.39 is 8.07 Å². The number of allylic oxidation sites excluding steroid dienone is 1. The van der Waals surface area contributed by atoms with Gasteiger partial charge >= 0.3 is 0 Å². The Balaban J connectivity index is 2.63. The zero-order valence-corrected chi connectivity index (χ0v) is 9.96. The second-order valence-electron chi connectivity index (χ2n) is 4.43. The predicted molar refractivity (Wildman–Crippen MR) is 60.1 cm³/mol. The van der Waals surface area contributed by atoms with E-state index in [-0.39, 0.29) is 5.78 Å². The fourth-order valence-corrected chi connectivity index (χ4v) is 1.67. The van der Waals surface area contributed by atoms with Crippen molar-refractivity contribution in [2.75, 3.05) is 0 Å². The molecule has 2 nitrogen and oxygen atoms in total. The van der Waals surface area contributed by atoms with Crippen LogP contribution >= 0.6 is 0 Å². The summed E-state index contributed by atoms with van der Waals surface area (Å²) >= 11 is 0. The first-order valence-electron chi connectivity index (χ1n) is 4.66. The quantitative estimate of drug-likeness (QED) is 0.561. The van der Waals surface area contributed by atoms with Gasteiger partial charge in [-0.15, -0.1) is 6.58 Å². The Kier molecular flexibility index (Phi) is 3.11. The summed E-state index contributed by atoms with van der Waals surface area (Å²) in [7, 11) is -1.39. The van der Waals surface area contributed by atoms with Crippen molar-refractivity contribution in [2.24, 2.45) is 0 Å². The van der Waals surface area contributed by atoms with E-state index in [0.29, 0.717) is 12.2 Å². The number of ketones is 1. The van der Waals surface area contributed by atoms with Crippen molar-refractivity contribution in [1.29, 1.82) is 0 Å². The van der Waals surface area contributed by atoms with Crippen LogP contribution in [0.2, 0.25) is 19.6 Å². The van der Waals surface area contributed by atoms with Crippen molar-refractivity contribution >= 4 is 13.9 Å². The van der Waals surface area contributed by atoms with Crippen LogP contribution in [0.4, 0.5) is 0 Å². The van der Waals surface area contributed by atoms with Crippen molar-refractivity contribution in [3.8, 4) is 0 Å². The van der Waals surface area contributed by atoms with Gasteiger partial charge in [0.15, 0.2) is 5.76 Å². The minimum Gasteiger partial charge on any atom is -0.461 e. The highest BCUT2D eigenvalue weighted by Crippen LogP contribution is 2.18. The van der Waals surface area contributed by atoms with E-state index in [1.807, 2.05) is 0 Å². The lowest BCUT2D eigenvalue weighted by molar-refractivity contribution is 0.0968. The number of carbonyl (C=O) groups is 1. The molecule has 0 saturated heterocycles. The van der Waals surface area contributed by atoms with Crippen LogP contribution in [0.15, 0.2) is 34.6 Å². The van der Waals surface area contributed by atoms with Crippen molar-refractivity contribution in [3.05, 3.63) is 35.9 Å². The summed E-state index contributed by atoms with van der Waals surface area (Å²) in [5, 5.41) is 1.07. The molecule has 0 aliphatic carbocycles. The molecule has 0 unspecified atom stereocenters. The standard InChI is InChI=1S/C11H16O2Si/c1-9(14(2,3)4)8-10(12)11-6-5-7-13-11/h5-7H,1,8H2,2-4H3. The van der Waals surface area contributed by atoms with E-state index in [1.165, 1.54) is 6.26 Å². The lowest BCUT2D eigenvalue weighted by Gasteiger charge is -2.18. The Bertz CT molecular complexity index is 331. The lowest BCUT2D eigenvalue weighted by atomic mass is 10.2. The molecule has 1 rings (SSSR count). The van der Waals surface area contributed by atoms with Gasteiger partial charge in [0.25, 0.3) is 0 Å². The van der Waals surface area contributed by atoms with Gasteiger partial charge in [-0.3, -0.25) is 4.79 Å². The number of rotatable bonds is 4. The topological polar surface area (TPSA) is 30.2 Å². The van der Waals surface area contributed by atoms with Crippen LogP contribution in [-0.2, 0) is 0 Å². The Morgan fingerprint density at radius 2 is 2.14 bits per heavy atom. The Morgan fingerprint density at radius 3 is 2.57 bits per heavy atom. The summed E-state index contributed by atoms with van der Waals surface area (Å²) in [6, 6.07) is 3.42. The van der Waals surface area contributed by atoms with Gasteiger partial charge in [0, 0.05) is 6.42 Å². The molecule has 0 amide bonds. The smallest absolute Gasteiger partial charge is 0.201 e. The maximum atomic E-state index is 11.6. The average Bonchev–Trinajstić information content (AvgIpc) is 2.53. The first-order valence-corrected chi connectivity index (χ1v) is 8.16. The molecule has 0 bridgehead atoms. The van der Waals surface area contributed by atoms with Crippen LogP contribution in [0.25, 0.3) is 0 Å². The van der Waals surface area contributed by atoms with E-state index in [9.17, 15) is 4.79 Å². The molecule has 0 fully saturated rings. The zero-order valence-electron chi connectivity index (χ0n) is 8.96. The minimum absolute atomic E-state index is 0.0300. The van der Waals surface area contributed by atoms with E-state index in [1.54, 1.807) is 12.1 Å². The molecule has 1 aromatic rings. The Hall–Kier alpha value is -1.09. The highest BCUT2D eigenvalue weighted by Gasteiger charge is 2.21. The van der Waals surface area contributed by atoms with Crippen molar-refractivity contribution in [1.82, 2.24) is 0 Å². The first-order chi connectivity index (χ1) is 6.41. The normalized spacial score (nSPS) is 11.4. The first kappa shape index (κ1) is 11.0. The SMILES string of the molecule is C=C(CC(=O)c1ccco1)[Si](C)(C)C. The van der Waals surface area contributed by atoms with Crippen molar-refractivity contribution in [2.45, 2.75) is 26.1 Å². The number of furan rings is 1. The van der Waals surface area contributed by atoms with Gasteiger partial charge in [-0.05, 0) is 12.1 Å². The summed E-state index contributed by atoms with van der Waals surface area (Å²) < 4.78 is 5.03. The number of hydrogen-bond acceptors (Lipinski definition) is 2. The van der Waals surface area contributed by atoms with Gasteiger partial charge in [0.05, 0.1) is 14.3 Å². The summed E-state index contributed by atoms with van der Waals surface area (Å²) in [5.41, 5.74) is 0. The Morgan fingerprint density at radius 1 is 1.50 bits per heavy atom. The third-order valence-corrected chi connectivity index (χ3v) is 4.53. The monoisotopic (exact) mass is 208 g/mol. The van der Waals surface area contributed by atoms with E-state index >= 15 is 0 Å². The molecular formula is C11H16O2Si. The van der Waals surface area contributed by atoms with Crippen LogP contribution in [0, 0.1) is 0 Å². The summed E-state index contributed by atoms with van der Waals surface area (Å²) in [4.78, 5) is 11.6. The molecule has 76 valence electrons. The number of carbonyl (C=O) groups excluding carboxylic acids is 1. The number of hydrogen-bond donors (Lipinski definition) is 0. The van der Waals surface area contributed by atoms with Crippen LogP contribution in [0.5, 0.6) is 0 Å². The molecule has 0 aliphatic heterocycles. The molecule has 0 spiro atoms. The molecule has 1 heterocycles. The molecular weight excluding hydrogens is 192 g/mol. The predicted octanol–water partition coefficient (Wildman–Crippen LogP) is 3.29. The molecule has 3 heteroatoms. The van der Waals surface area contributed by atoms with E-state index in [2.05, 4.69) is 26.2 Å². The highest BCUT2D eigenvalue weighted by molar-refractivity contribution is 6.83. The van der Waals surface area contributed by atoms with Crippen molar-refractivity contribution in [3.63, 3.8) is 0 Å². The van der Waals surface area contributed by atoms with Crippen LogP contribution < -0.4 is 0 Å². The zero-order chi connectivity index (χ0) is 10.8. The van der Waals surface area contributed by atoms with Gasteiger partial charge < -0.3 is 4.42 Å². The van der Waals surface area contributed by atoms with E-state index in [0.717, 1.165) is 5.20 Å². The molecule has 0 radical (unpaired) electrons. The minimum atomic E-state index is -1.39. The molecule has 0 saturated carbocycles. The second-order valence-corrected chi connectivity index (χ2v) is 9.64. The summed E-state index contributed by atoms with van der Waals surface area (Å²) in [6.07, 6.45) is 1.94. The van der Waals surface area contributed by atoms with Crippen LogP contribution in [-0.4, -0.2) is 13.9 Å². The molecule has 0 atom stereocenters. The van der Waals surface area contributed by atoms with Gasteiger partial charge in [0.2, 0.25) is 5.78 Å². The molecule has 1 aromatic heterocycles. The molecule has 0 aliphatic rings. The number of Topliss-reactive ketones (excluding diaryl/α,β-unsaturated/α-hetero) is 1. The third kappa shape index (κ3) is 2.70. The molecule has 0 N–H and O–H groups in total. The Labute approximate surface area is 85.6 Å². The highest BCUT2D eigenvalue weighted by atomic mass is 28.3. The summed E-state index contributed by atoms with van der Waals surface area (Å²) in [6.45, 7) is 10.5. The fraction of sp³-hybridized carbons (Fsp3) is 0.364.